The number of hydrogen-bond acceptors (Lipinski definition) is 4. The van der Waals surface area contributed by atoms with Gasteiger partial charge >= 0.3 is 6.03 Å². The molecule has 3 rings (SSSR count). The molecule has 0 radical (unpaired) electrons. The molecule has 1 aliphatic heterocycles. The van der Waals surface area contributed by atoms with Crippen LogP contribution in [-0.2, 0) is 0 Å². The van der Waals surface area contributed by atoms with E-state index < -0.39 is 0 Å². The van der Waals surface area contributed by atoms with E-state index in [1.807, 2.05) is 43.5 Å². The van der Waals surface area contributed by atoms with Gasteiger partial charge in [-0.2, -0.15) is 0 Å². The summed E-state index contributed by atoms with van der Waals surface area (Å²) in [5, 5.41) is 6.06. The van der Waals surface area contributed by atoms with E-state index >= 15 is 0 Å². The number of rotatable bonds is 4. The third-order valence-electron chi connectivity index (χ3n) is 4.36. The smallest absolute Gasteiger partial charge is 0.315 e. The molecule has 1 saturated heterocycles. The number of carbonyl (C=O) groups excluding carboxylic acids is 1. The Morgan fingerprint density at radius 1 is 1.17 bits per heavy atom. The van der Waals surface area contributed by atoms with Crippen LogP contribution >= 0.6 is 0 Å². The Labute approximate surface area is 142 Å². The van der Waals surface area contributed by atoms with E-state index in [2.05, 4.69) is 25.5 Å². The lowest BCUT2D eigenvalue weighted by molar-refractivity contribution is 0.231. The standard InChI is InChI=1S/C18H23N5O/c1-14(15-5-10-19-11-6-15)21-18(24)22-16-7-12-23(13-8-16)17-4-2-3-9-20-17/h2-6,9-11,14,16H,7-8,12-13H2,1H3,(H2,21,22,24)/t14-/m0/s1. The summed E-state index contributed by atoms with van der Waals surface area (Å²) in [5.74, 6) is 1.01. The number of piperidine rings is 1. The molecular formula is C18H23N5O. The van der Waals surface area contributed by atoms with Crippen molar-refractivity contribution >= 4 is 11.8 Å². The molecule has 1 fully saturated rings. The van der Waals surface area contributed by atoms with Gasteiger partial charge in [-0.05, 0) is 49.6 Å². The topological polar surface area (TPSA) is 70.2 Å². The largest absolute Gasteiger partial charge is 0.356 e. The third-order valence-corrected chi connectivity index (χ3v) is 4.36. The van der Waals surface area contributed by atoms with Crippen LogP contribution in [0.4, 0.5) is 10.6 Å². The number of aromatic nitrogens is 2. The fourth-order valence-electron chi connectivity index (χ4n) is 2.95. The maximum Gasteiger partial charge on any atom is 0.315 e. The van der Waals surface area contributed by atoms with Gasteiger partial charge in [0.25, 0.3) is 0 Å². The van der Waals surface area contributed by atoms with Crippen LogP contribution in [0.1, 0.15) is 31.4 Å². The second-order valence-electron chi connectivity index (χ2n) is 6.07. The molecular weight excluding hydrogens is 302 g/mol. The normalized spacial score (nSPS) is 16.5. The van der Waals surface area contributed by atoms with E-state index in [9.17, 15) is 4.79 Å². The summed E-state index contributed by atoms with van der Waals surface area (Å²) in [6.45, 7) is 3.78. The van der Waals surface area contributed by atoms with Crippen molar-refractivity contribution in [3.05, 3.63) is 54.5 Å². The van der Waals surface area contributed by atoms with Crippen LogP contribution in [-0.4, -0.2) is 35.1 Å². The lowest BCUT2D eigenvalue weighted by atomic mass is 10.1. The van der Waals surface area contributed by atoms with Crippen molar-refractivity contribution in [3.63, 3.8) is 0 Å². The molecule has 0 bridgehead atoms. The quantitative estimate of drug-likeness (QED) is 0.906. The number of nitrogens with zero attached hydrogens (tertiary/aromatic N) is 3. The van der Waals surface area contributed by atoms with Gasteiger partial charge in [0.1, 0.15) is 5.82 Å². The SMILES string of the molecule is C[C@H](NC(=O)NC1CCN(c2ccccn2)CC1)c1ccncc1. The molecule has 2 aromatic heterocycles. The number of hydrogen-bond donors (Lipinski definition) is 2. The first-order valence-electron chi connectivity index (χ1n) is 8.35. The van der Waals surface area contributed by atoms with Gasteiger partial charge in [0, 0.05) is 37.7 Å². The maximum absolute atomic E-state index is 12.2. The summed E-state index contributed by atoms with van der Waals surface area (Å²) in [7, 11) is 0. The number of carbonyl (C=O) groups is 1. The van der Waals surface area contributed by atoms with Crippen molar-refractivity contribution in [1.29, 1.82) is 0 Å². The first-order valence-corrected chi connectivity index (χ1v) is 8.35. The summed E-state index contributed by atoms with van der Waals surface area (Å²) < 4.78 is 0. The number of pyridine rings is 2. The highest BCUT2D eigenvalue weighted by atomic mass is 16.2. The van der Waals surface area contributed by atoms with E-state index in [0.29, 0.717) is 0 Å². The van der Waals surface area contributed by atoms with Crippen molar-refractivity contribution in [2.45, 2.75) is 31.8 Å². The zero-order valence-electron chi connectivity index (χ0n) is 13.9. The van der Waals surface area contributed by atoms with Crippen LogP contribution in [0.2, 0.25) is 0 Å². The minimum Gasteiger partial charge on any atom is -0.356 e. The van der Waals surface area contributed by atoms with Crippen molar-refractivity contribution in [2.24, 2.45) is 0 Å². The molecule has 6 nitrogen and oxygen atoms in total. The third kappa shape index (κ3) is 4.22. The molecule has 1 aliphatic rings. The first kappa shape index (κ1) is 16.2. The fourth-order valence-corrected chi connectivity index (χ4v) is 2.95. The highest BCUT2D eigenvalue weighted by Gasteiger charge is 2.21. The highest BCUT2D eigenvalue weighted by Crippen LogP contribution is 2.17. The molecule has 1 atom stereocenters. The van der Waals surface area contributed by atoms with Crippen LogP contribution in [0.25, 0.3) is 0 Å². The summed E-state index contributed by atoms with van der Waals surface area (Å²) in [5.41, 5.74) is 1.05. The number of nitrogens with one attached hydrogen (secondary N) is 2. The van der Waals surface area contributed by atoms with E-state index in [1.165, 1.54) is 0 Å². The predicted molar refractivity (Wildman–Crippen MR) is 93.8 cm³/mol. The molecule has 6 heteroatoms. The summed E-state index contributed by atoms with van der Waals surface area (Å²) in [4.78, 5) is 22.8. The van der Waals surface area contributed by atoms with Gasteiger partial charge in [0.05, 0.1) is 6.04 Å². The molecule has 0 unspecified atom stereocenters. The minimum absolute atomic E-state index is 0.0402. The highest BCUT2D eigenvalue weighted by molar-refractivity contribution is 5.74. The van der Waals surface area contributed by atoms with Crippen molar-refractivity contribution < 1.29 is 4.79 Å². The minimum atomic E-state index is -0.115. The van der Waals surface area contributed by atoms with Crippen LogP contribution in [0.5, 0.6) is 0 Å². The molecule has 126 valence electrons. The predicted octanol–water partition coefficient (Wildman–Crippen LogP) is 2.51. The van der Waals surface area contributed by atoms with Crippen LogP contribution in [0, 0.1) is 0 Å². The second-order valence-corrected chi connectivity index (χ2v) is 6.07. The Balaban J connectivity index is 1.45. The van der Waals surface area contributed by atoms with E-state index in [0.717, 1.165) is 37.3 Å². The molecule has 0 aromatic carbocycles. The summed E-state index contributed by atoms with van der Waals surface area (Å²) in [6.07, 6.45) is 7.13. The fraction of sp³-hybridized carbons (Fsp3) is 0.389. The number of amides is 2. The van der Waals surface area contributed by atoms with Crippen molar-refractivity contribution in [1.82, 2.24) is 20.6 Å². The maximum atomic E-state index is 12.2. The van der Waals surface area contributed by atoms with Crippen LogP contribution in [0.15, 0.2) is 48.9 Å². The lowest BCUT2D eigenvalue weighted by Crippen LogP contribution is -2.48. The monoisotopic (exact) mass is 325 g/mol. The van der Waals surface area contributed by atoms with Gasteiger partial charge in [-0.15, -0.1) is 0 Å². The average molecular weight is 325 g/mol. The molecule has 2 aromatic rings. The van der Waals surface area contributed by atoms with Gasteiger partial charge in [0.15, 0.2) is 0 Å². The van der Waals surface area contributed by atoms with Crippen molar-refractivity contribution in [3.8, 4) is 0 Å². The van der Waals surface area contributed by atoms with Gasteiger partial charge in [-0.3, -0.25) is 4.98 Å². The molecule has 2 amide bonds. The van der Waals surface area contributed by atoms with Gasteiger partial charge in [-0.25, -0.2) is 9.78 Å². The van der Waals surface area contributed by atoms with Gasteiger partial charge < -0.3 is 15.5 Å². The zero-order valence-corrected chi connectivity index (χ0v) is 13.9. The summed E-state index contributed by atoms with van der Waals surface area (Å²) in [6, 6.07) is 9.82. The Kier molecular flexibility index (Phi) is 5.25. The Hall–Kier alpha value is -2.63. The van der Waals surface area contributed by atoms with E-state index in [4.69, 9.17) is 0 Å². The second kappa shape index (κ2) is 7.77. The van der Waals surface area contributed by atoms with E-state index in [1.54, 1.807) is 12.4 Å². The molecule has 0 aliphatic carbocycles. The Morgan fingerprint density at radius 3 is 2.58 bits per heavy atom. The number of anilines is 1. The zero-order chi connectivity index (χ0) is 16.8. The average Bonchev–Trinajstić information content (AvgIpc) is 2.64. The van der Waals surface area contributed by atoms with Crippen LogP contribution in [0.3, 0.4) is 0 Å². The van der Waals surface area contributed by atoms with Gasteiger partial charge in [0.2, 0.25) is 0 Å². The molecule has 2 N–H and O–H groups in total. The summed E-state index contributed by atoms with van der Waals surface area (Å²) >= 11 is 0. The van der Waals surface area contributed by atoms with Crippen molar-refractivity contribution in [2.75, 3.05) is 18.0 Å². The lowest BCUT2D eigenvalue weighted by Gasteiger charge is -2.33. The molecule has 3 heterocycles. The van der Waals surface area contributed by atoms with E-state index in [-0.39, 0.29) is 18.1 Å². The molecule has 0 spiro atoms. The Bertz CT molecular complexity index is 641. The van der Waals surface area contributed by atoms with Gasteiger partial charge in [-0.1, -0.05) is 6.07 Å². The molecule has 24 heavy (non-hydrogen) atoms. The number of urea groups is 1. The Morgan fingerprint density at radius 2 is 1.92 bits per heavy atom. The first-order chi connectivity index (χ1) is 11.7. The van der Waals surface area contributed by atoms with Crippen LogP contribution < -0.4 is 15.5 Å². The molecule has 0 saturated carbocycles.